The summed E-state index contributed by atoms with van der Waals surface area (Å²) in [6.45, 7) is 0.221. The lowest BCUT2D eigenvalue weighted by Crippen LogP contribution is -2.15. The van der Waals surface area contributed by atoms with Crippen molar-refractivity contribution in [3.05, 3.63) is 71.1 Å². The van der Waals surface area contributed by atoms with Crippen LogP contribution in [-0.2, 0) is 26.6 Å². The first-order chi connectivity index (χ1) is 14.8. The number of carbonyl (C=O) groups is 1. The molecule has 0 unspecified atom stereocenters. The van der Waals surface area contributed by atoms with Gasteiger partial charge in [-0.15, -0.1) is 0 Å². The van der Waals surface area contributed by atoms with Gasteiger partial charge in [-0.2, -0.15) is 0 Å². The SMILES string of the molecule is NS(=O)(=O)c1cc(C(=O)O)c(NCc2ccco2)cc1Cl.Nc1ccc(S(N)(=O)=O)cc1. The Morgan fingerprint density at radius 3 is 2.12 bits per heavy atom. The Labute approximate surface area is 188 Å². The molecule has 0 atom stereocenters. The number of nitrogens with one attached hydrogen (secondary N) is 1. The summed E-state index contributed by atoms with van der Waals surface area (Å²) in [5.41, 5.74) is 5.75. The largest absolute Gasteiger partial charge is 0.478 e. The average molecular weight is 503 g/mol. The van der Waals surface area contributed by atoms with Gasteiger partial charge in [0.15, 0.2) is 0 Å². The van der Waals surface area contributed by atoms with Gasteiger partial charge in [0.25, 0.3) is 0 Å². The lowest BCUT2D eigenvalue weighted by Gasteiger charge is -2.11. The number of anilines is 2. The van der Waals surface area contributed by atoms with Crippen molar-refractivity contribution in [2.24, 2.45) is 10.3 Å². The molecule has 32 heavy (non-hydrogen) atoms. The van der Waals surface area contributed by atoms with Crippen LogP contribution in [0.3, 0.4) is 0 Å². The fraction of sp³-hybridized carbons (Fsp3) is 0.0556. The van der Waals surface area contributed by atoms with E-state index in [0.29, 0.717) is 11.4 Å². The smallest absolute Gasteiger partial charge is 0.337 e. The molecule has 0 aliphatic carbocycles. The van der Waals surface area contributed by atoms with Gasteiger partial charge in [0.2, 0.25) is 20.0 Å². The molecule has 172 valence electrons. The van der Waals surface area contributed by atoms with Crippen LogP contribution in [0.2, 0.25) is 5.02 Å². The number of benzene rings is 2. The van der Waals surface area contributed by atoms with Crippen molar-refractivity contribution < 1.29 is 31.2 Å². The Balaban J connectivity index is 0.000000278. The maximum absolute atomic E-state index is 11.3. The summed E-state index contributed by atoms with van der Waals surface area (Å²) in [7, 11) is -7.68. The van der Waals surface area contributed by atoms with Gasteiger partial charge in [-0.3, -0.25) is 0 Å². The van der Waals surface area contributed by atoms with Gasteiger partial charge in [-0.05, 0) is 48.5 Å². The molecule has 3 aromatic rings. The topological polar surface area (TPSA) is 209 Å². The predicted octanol–water partition coefficient (Wildman–Crippen LogP) is 1.81. The molecule has 0 saturated carbocycles. The Morgan fingerprint density at radius 2 is 1.66 bits per heavy atom. The maximum atomic E-state index is 11.3. The van der Waals surface area contributed by atoms with E-state index < -0.39 is 30.9 Å². The van der Waals surface area contributed by atoms with Gasteiger partial charge in [0.05, 0.1) is 34.0 Å². The highest BCUT2D eigenvalue weighted by Gasteiger charge is 2.20. The summed E-state index contributed by atoms with van der Waals surface area (Å²) in [5, 5.41) is 21.6. The van der Waals surface area contributed by atoms with Crippen LogP contribution >= 0.6 is 11.6 Å². The first kappa shape index (κ1) is 25.2. The van der Waals surface area contributed by atoms with Crippen molar-refractivity contribution in [2.45, 2.75) is 16.3 Å². The van der Waals surface area contributed by atoms with Gasteiger partial charge in [-0.25, -0.2) is 31.9 Å². The molecule has 0 bridgehead atoms. The lowest BCUT2D eigenvalue weighted by atomic mass is 10.1. The zero-order chi connectivity index (χ0) is 24.1. The molecule has 1 aromatic heterocycles. The highest BCUT2D eigenvalue weighted by atomic mass is 35.5. The lowest BCUT2D eigenvalue weighted by molar-refractivity contribution is 0.0697. The molecule has 0 aliphatic rings. The summed E-state index contributed by atoms with van der Waals surface area (Å²) in [5.74, 6) is -0.725. The quantitative estimate of drug-likeness (QED) is 0.310. The molecule has 2 aromatic carbocycles. The van der Waals surface area contributed by atoms with E-state index in [0.717, 1.165) is 6.07 Å². The first-order valence-corrected chi connectivity index (χ1v) is 12.0. The Kier molecular flexibility index (Phi) is 7.87. The molecule has 11 nitrogen and oxygen atoms in total. The Bertz CT molecular complexity index is 1310. The van der Waals surface area contributed by atoms with E-state index in [9.17, 15) is 21.6 Å². The first-order valence-electron chi connectivity index (χ1n) is 8.53. The van der Waals surface area contributed by atoms with Crippen molar-refractivity contribution in [3.8, 4) is 0 Å². The van der Waals surface area contributed by atoms with E-state index in [1.165, 1.54) is 36.6 Å². The van der Waals surface area contributed by atoms with Crippen LogP contribution in [-0.4, -0.2) is 27.9 Å². The number of primary sulfonamides is 2. The summed E-state index contributed by atoms with van der Waals surface area (Å²) in [6.07, 6.45) is 1.48. The van der Waals surface area contributed by atoms with Crippen LogP contribution in [0.5, 0.6) is 0 Å². The number of nitrogens with two attached hydrogens (primary N) is 3. The minimum atomic E-state index is -4.11. The van der Waals surface area contributed by atoms with Crippen molar-refractivity contribution in [1.82, 2.24) is 0 Å². The predicted molar refractivity (Wildman–Crippen MR) is 118 cm³/mol. The van der Waals surface area contributed by atoms with Gasteiger partial charge in [0.1, 0.15) is 10.7 Å². The van der Waals surface area contributed by atoms with Crippen LogP contribution in [0.1, 0.15) is 16.1 Å². The third kappa shape index (κ3) is 6.96. The number of carboxylic acid groups (broad SMARTS) is 1. The number of sulfonamides is 2. The fourth-order valence-electron chi connectivity index (χ4n) is 2.35. The van der Waals surface area contributed by atoms with Crippen molar-refractivity contribution in [3.63, 3.8) is 0 Å². The molecular weight excluding hydrogens is 484 g/mol. The zero-order valence-electron chi connectivity index (χ0n) is 16.2. The van der Waals surface area contributed by atoms with Gasteiger partial charge in [-0.1, -0.05) is 11.6 Å². The second kappa shape index (κ2) is 10.0. The van der Waals surface area contributed by atoms with E-state index >= 15 is 0 Å². The highest BCUT2D eigenvalue weighted by Crippen LogP contribution is 2.28. The Morgan fingerprint density at radius 1 is 1.03 bits per heavy atom. The third-order valence-electron chi connectivity index (χ3n) is 3.85. The summed E-state index contributed by atoms with van der Waals surface area (Å²) in [4.78, 5) is 10.9. The molecule has 0 fully saturated rings. The molecule has 1 heterocycles. The van der Waals surface area contributed by atoms with Gasteiger partial charge >= 0.3 is 5.97 Å². The number of nitrogen functional groups attached to an aromatic ring is 1. The van der Waals surface area contributed by atoms with Crippen molar-refractivity contribution in [2.75, 3.05) is 11.1 Å². The normalized spacial score (nSPS) is 11.3. The van der Waals surface area contributed by atoms with Crippen molar-refractivity contribution >= 4 is 49.0 Å². The van der Waals surface area contributed by atoms with Crippen LogP contribution in [0.25, 0.3) is 0 Å². The summed E-state index contributed by atoms with van der Waals surface area (Å²) >= 11 is 5.84. The molecule has 8 N–H and O–H groups in total. The van der Waals surface area contributed by atoms with E-state index in [2.05, 4.69) is 5.32 Å². The van der Waals surface area contributed by atoms with E-state index in [4.69, 9.17) is 37.1 Å². The number of furan rings is 1. The fourth-order valence-corrected chi connectivity index (χ4v) is 3.96. The molecule has 3 rings (SSSR count). The number of halogens is 1. The summed E-state index contributed by atoms with van der Waals surface area (Å²) < 4.78 is 49.2. The third-order valence-corrected chi connectivity index (χ3v) is 6.16. The zero-order valence-corrected chi connectivity index (χ0v) is 18.6. The number of carboxylic acids is 1. The van der Waals surface area contributed by atoms with E-state index in [1.807, 2.05) is 0 Å². The highest BCUT2D eigenvalue weighted by molar-refractivity contribution is 7.89. The number of hydrogen-bond acceptors (Lipinski definition) is 8. The van der Waals surface area contributed by atoms with Gasteiger partial charge < -0.3 is 20.6 Å². The standard InChI is InChI=1S/C12H11ClN2O5S.C6H8N2O2S/c13-9-5-10(15-6-7-2-1-3-20-7)8(12(16)17)4-11(9)21(14,18)19;7-5-1-3-6(4-2-5)11(8,9)10/h1-5,15H,6H2,(H,16,17)(H2,14,18,19);1-4H,7H2,(H2,8,9,10). The second-order valence-corrected chi connectivity index (χ2v) is 9.72. The van der Waals surface area contributed by atoms with Crippen LogP contribution < -0.4 is 21.3 Å². The minimum absolute atomic E-state index is 0.0756. The van der Waals surface area contributed by atoms with Crippen LogP contribution in [0.4, 0.5) is 11.4 Å². The maximum Gasteiger partial charge on any atom is 0.337 e. The minimum Gasteiger partial charge on any atom is -0.478 e. The van der Waals surface area contributed by atoms with Crippen LogP contribution in [0, 0.1) is 0 Å². The molecular formula is C18H19ClN4O7S2. The molecule has 14 heteroatoms. The molecule has 0 amide bonds. The van der Waals surface area contributed by atoms with E-state index in [-0.39, 0.29) is 27.7 Å². The van der Waals surface area contributed by atoms with Crippen LogP contribution in [0.15, 0.2) is 69.0 Å². The monoisotopic (exact) mass is 502 g/mol. The molecule has 0 saturated heterocycles. The molecule has 0 aliphatic heterocycles. The van der Waals surface area contributed by atoms with Gasteiger partial charge in [0, 0.05) is 5.69 Å². The Hall–Kier alpha value is -3.10. The average Bonchev–Trinajstić information content (AvgIpc) is 3.19. The van der Waals surface area contributed by atoms with Crippen molar-refractivity contribution in [1.29, 1.82) is 0 Å². The number of aromatic carboxylic acids is 1. The molecule has 0 radical (unpaired) electrons. The second-order valence-electron chi connectivity index (χ2n) is 6.23. The number of hydrogen-bond donors (Lipinski definition) is 5. The molecule has 0 spiro atoms. The van der Waals surface area contributed by atoms with E-state index in [1.54, 1.807) is 12.1 Å². The number of rotatable bonds is 6. The summed E-state index contributed by atoms with van der Waals surface area (Å²) in [6, 6.07) is 11.2.